The monoisotopic (exact) mass is 340 g/mol. The number of ether oxygens (including phenoxy) is 1. The molecule has 0 heterocycles. The number of carbonyl (C=O) groups is 1. The largest absolute Gasteiger partial charge is 0.463 e. The lowest BCUT2D eigenvalue weighted by Crippen LogP contribution is -2.10. The van der Waals surface area contributed by atoms with Crippen molar-refractivity contribution in [1.82, 2.24) is 0 Å². The van der Waals surface area contributed by atoms with E-state index in [9.17, 15) is 9.90 Å². The standard InChI is InChI=1S/C21H40O3/c1-4-5-6-13-16-20(22)17-14-11-9-7-8-10-12-15-18-21(23)24-19(2)3/h11,14,19-20,22H,4-10,12-13,15-18H2,1-3H3/b14-11-/t20-/m1/s1. The first-order chi connectivity index (χ1) is 11.6. The van der Waals surface area contributed by atoms with Crippen molar-refractivity contribution in [2.45, 2.75) is 116 Å². The molecule has 0 fully saturated rings. The Balaban J connectivity index is 3.33. The van der Waals surface area contributed by atoms with Gasteiger partial charge in [0.25, 0.3) is 0 Å². The van der Waals surface area contributed by atoms with E-state index >= 15 is 0 Å². The average molecular weight is 341 g/mol. The molecule has 0 amide bonds. The second kappa shape index (κ2) is 17.0. The van der Waals surface area contributed by atoms with Gasteiger partial charge in [0.05, 0.1) is 12.2 Å². The van der Waals surface area contributed by atoms with Crippen molar-refractivity contribution in [2.75, 3.05) is 0 Å². The summed E-state index contributed by atoms with van der Waals surface area (Å²) in [7, 11) is 0. The summed E-state index contributed by atoms with van der Waals surface area (Å²) < 4.78 is 5.11. The summed E-state index contributed by atoms with van der Waals surface area (Å²) in [6.45, 7) is 5.98. The van der Waals surface area contributed by atoms with Crippen LogP contribution in [0, 0.1) is 0 Å². The third-order valence-corrected chi connectivity index (χ3v) is 4.08. The predicted octanol–water partition coefficient (Wildman–Crippen LogP) is 5.95. The van der Waals surface area contributed by atoms with Gasteiger partial charge in [0, 0.05) is 6.42 Å². The summed E-state index contributed by atoms with van der Waals surface area (Å²) in [5.74, 6) is -0.0683. The summed E-state index contributed by atoms with van der Waals surface area (Å²) in [6.07, 6.45) is 18.1. The maximum absolute atomic E-state index is 11.4. The van der Waals surface area contributed by atoms with Crippen LogP contribution < -0.4 is 0 Å². The molecule has 3 nitrogen and oxygen atoms in total. The SMILES string of the molecule is CCCCCC[C@@H](O)C/C=C\CCCCCCCC(=O)OC(C)C. The first-order valence-corrected chi connectivity index (χ1v) is 10.1. The molecule has 3 heteroatoms. The van der Waals surface area contributed by atoms with Gasteiger partial charge < -0.3 is 9.84 Å². The van der Waals surface area contributed by atoms with E-state index in [1.54, 1.807) is 0 Å². The molecule has 0 aromatic rings. The second-order valence-corrected chi connectivity index (χ2v) is 7.06. The molecule has 0 aromatic heterocycles. The molecule has 0 saturated heterocycles. The summed E-state index contributed by atoms with van der Waals surface area (Å²) in [5.41, 5.74) is 0. The van der Waals surface area contributed by atoms with Crippen molar-refractivity contribution in [2.24, 2.45) is 0 Å². The molecule has 0 bridgehead atoms. The Morgan fingerprint density at radius 3 is 2.33 bits per heavy atom. The zero-order valence-electron chi connectivity index (χ0n) is 16.3. The fourth-order valence-corrected chi connectivity index (χ4v) is 2.68. The van der Waals surface area contributed by atoms with E-state index in [-0.39, 0.29) is 18.2 Å². The van der Waals surface area contributed by atoms with E-state index in [0.717, 1.165) is 38.5 Å². The summed E-state index contributed by atoms with van der Waals surface area (Å²) in [6, 6.07) is 0. The van der Waals surface area contributed by atoms with Gasteiger partial charge in [-0.2, -0.15) is 0 Å². The van der Waals surface area contributed by atoms with Gasteiger partial charge in [0.1, 0.15) is 0 Å². The molecule has 0 aliphatic rings. The van der Waals surface area contributed by atoms with Crippen LogP contribution in [0.4, 0.5) is 0 Å². The summed E-state index contributed by atoms with van der Waals surface area (Å²) >= 11 is 0. The summed E-state index contributed by atoms with van der Waals surface area (Å²) in [4.78, 5) is 11.4. The number of aliphatic hydroxyl groups is 1. The molecule has 0 radical (unpaired) electrons. The molecular weight excluding hydrogens is 300 g/mol. The van der Waals surface area contributed by atoms with E-state index in [4.69, 9.17) is 4.74 Å². The maximum Gasteiger partial charge on any atom is 0.306 e. The van der Waals surface area contributed by atoms with Crippen LogP contribution in [0.1, 0.15) is 104 Å². The lowest BCUT2D eigenvalue weighted by molar-refractivity contribution is -0.147. The third-order valence-electron chi connectivity index (χ3n) is 4.08. The molecule has 0 spiro atoms. The summed E-state index contributed by atoms with van der Waals surface area (Å²) in [5, 5.41) is 9.86. The van der Waals surface area contributed by atoms with Gasteiger partial charge in [-0.25, -0.2) is 0 Å². The van der Waals surface area contributed by atoms with Gasteiger partial charge in [-0.1, -0.05) is 64.0 Å². The number of esters is 1. The van der Waals surface area contributed by atoms with Gasteiger partial charge in [-0.15, -0.1) is 0 Å². The van der Waals surface area contributed by atoms with Crippen molar-refractivity contribution >= 4 is 5.97 Å². The Labute approximate surface area is 149 Å². The average Bonchev–Trinajstić information content (AvgIpc) is 2.52. The molecule has 1 atom stereocenters. The minimum atomic E-state index is -0.163. The number of allylic oxidation sites excluding steroid dienone is 1. The number of rotatable bonds is 16. The van der Waals surface area contributed by atoms with Crippen molar-refractivity contribution < 1.29 is 14.6 Å². The quantitative estimate of drug-likeness (QED) is 0.215. The molecule has 0 aliphatic carbocycles. The Hall–Kier alpha value is -0.830. The topological polar surface area (TPSA) is 46.5 Å². The van der Waals surface area contributed by atoms with Gasteiger partial charge >= 0.3 is 5.97 Å². The zero-order chi connectivity index (χ0) is 18.0. The van der Waals surface area contributed by atoms with Crippen LogP contribution in [-0.2, 0) is 9.53 Å². The highest BCUT2D eigenvalue weighted by Crippen LogP contribution is 2.11. The van der Waals surface area contributed by atoms with Crippen LogP contribution in [-0.4, -0.2) is 23.3 Å². The number of carbonyl (C=O) groups excluding carboxylic acids is 1. The first-order valence-electron chi connectivity index (χ1n) is 10.1. The molecule has 1 N–H and O–H groups in total. The smallest absolute Gasteiger partial charge is 0.306 e. The highest BCUT2D eigenvalue weighted by atomic mass is 16.5. The molecule has 0 rings (SSSR count). The number of unbranched alkanes of at least 4 members (excludes halogenated alkanes) is 8. The molecular formula is C21H40O3. The van der Waals surface area contributed by atoms with Crippen LogP contribution in [0.2, 0.25) is 0 Å². The number of aliphatic hydroxyl groups excluding tert-OH is 1. The fraction of sp³-hybridized carbons (Fsp3) is 0.857. The number of hydrogen-bond acceptors (Lipinski definition) is 3. The third kappa shape index (κ3) is 17.5. The van der Waals surface area contributed by atoms with Gasteiger partial charge in [0.15, 0.2) is 0 Å². The van der Waals surface area contributed by atoms with E-state index in [1.807, 2.05) is 13.8 Å². The van der Waals surface area contributed by atoms with Crippen molar-refractivity contribution in [3.8, 4) is 0 Å². The van der Waals surface area contributed by atoms with Crippen molar-refractivity contribution in [3.05, 3.63) is 12.2 Å². The number of hydrogen-bond donors (Lipinski definition) is 1. The van der Waals surface area contributed by atoms with E-state index in [0.29, 0.717) is 6.42 Å². The molecule has 0 unspecified atom stereocenters. The van der Waals surface area contributed by atoms with Gasteiger partial charge in [0.2, 0.25) is 0 Å². The minimum absolute atomic E-state index is 0.000791. The fourth-order valence-electron chi connectivity index (χ4n) is 2.68. The minimum Gasteiger partial charge on any atom is -0.463 e. The van der Waals surface area contributed by atoms with Crippen LogP contribution in [0.15, 0.2) is 12.2 Å². The Bertz CT molecular complexity index is 310. The van der Waals surface area contributed by atoms with Crippen molar-refractivity contribution in [1.29, 1.82) is 0 Å². The Morgan fingerprint density at radius 2 is 1.62 bits per heavy atom. The first kappa shape index (κ1) is 23.2. The van der Waals surface area contributed by atoms with Crippen LogP contribution in [0.3, 0.4) is 0 Å². The molecule has 24 heavy (non-hydrogen) atoms. The second-order valence-electron chi connectivity index (χ2n) is 7.06. The van der Waals surface area contributed by atoms with Crippen LogP contribution in [0.25, 0.3) is 0 Å². The molecule has 142 valence electrons. The van der Waals surface area contributed by atoms with E-state index in [2.05, 4.69) is 19.1 Å². The van der Waals surface area contributed by atoms with Crippen LogP contribution >= 0.6 is 0 Å². The molecule has 0 saturated carbocycles. The lowest BCUT2D eigenvalue weighted by atomic mass is 10.1. The Kier molecular flexibility index (Phi) is 16.4. The molecule has 0 aromatic carbocycles. The van der Waals surface area contributed by atoms with E-state index < -0.39 is 0 Å². The highest BCUT2D eigenvalue weighted by molar-refractivity contribution is 5.69. The predicted molar refractivity (Wildman–Crippen MR) is 102 cm³/mol. The normalized spacial score (nSPS) is 12.9. The van der Waals surface area contributed by atoms with Crippen molar-refractivity contribution in [3.63, 3.8) is 0 Å². The van der Waals surface area contributed by atoms with Crippen LogP contribution in [0.5, 0.6) is 0 Å². The lowest BCUT2D eigenvalue weighted by Gasteiger charge is -2.07. The van der Waals surface area contributed by atoms with E-state index in [1.165, 1.54) is 38.5 Å². The molecule has 0 aliphatic heterocycles. The zero-order valence-corrected chi connectivity index (χ0v) is 16.3. The van der Waals surface area contributed by atoms with Gasteiger partial charge in [-0.3, -0.25) is 4.79 Å². The van der Waals surface area contributed by atoms with Gasteiger partial charge in [-0.05, 0) is 46.0 Å². The Morgan fingerprint density at radius 1 is 0.958 bits per heavy atom. The highest BCUT2D eigenvalue weighted by Gasteiger charge is 2.04. The maximum atomic E-state index is 11.4.